The first-order valence-electron chi connectivity index (χ1n) is 4.72. The van der Waals surface area contributed by atoms with Crippen LogP contribution in [0.15, 0.2) is 12.3 Å². The maximum atomic E-state index is 12.7. The third-order valence-corrected chi connectivity index (χ3v) is 1.96. The van der Waals surface area contributed by atoms with Gasteiger partial charge in [-0.25, -0.2) is 9.78 Å². The van der Waals surface area contributed by atoms with Crippen molar-refractivity contribution in [2.75, 3.05) is 12.4 Å². The summed E-state index contributed by atoms with van der Waals surface area (Å²) < 4.78 is 58.8. The van der Waals surface area contributed by atoms with Gasteiger partial charge in [-0.05, 0) is 6.07 Å². The van der Waals surface area contributed by atoms with Crippen LogP contribution in [-0.2, 0) is 10.9 Å². The van der Waals surface area contributed by atoms with E-state index in [-0.39, 0.29) is 5.82 Å². The molecule has 1 aromatic rings. The van der Waals surface area contributed by atoms with E-state index in [1.807, 2.05) is 5.32 Å². The molecule has 1 amide bonds. The van der Waals surface area contributed by atoms with Crippen LogP contribution >= 0.6 is 9.24 Å². The minimum absolute atomic E-state index is 0.384. The van der Waals surface area contributed by atoms with Crippen LogP contribution in [0, 0.1) is 0 Å². The summed E-state index contributed by atoms with van der Waals surface area (Å²) >= 11 is 0. The van der Waals surface area contributed by atoms with Crippen molar-refractivity contribution in [2.24, 2.45) is 0 Å². The van der Waals surface area contributed by atoms with Gasteiger partial charge < -0.3 is 9.47 Å². The second-order valence-electron chi connectivity index (χ2n) is 3.15. The van der Waals surface area contributed by atoms with Crippen molar-refractivity contribution in [1.82, 2.24) is 4.98 Å². The van der Waals surface area contributed by atoms with Gasteiger partial charge in [0.1, 0.15) is 0 Å². The first kappa shape index (κ1) is 15.4. The zero-order chi connectivity index (χ0) is 14.6. The number of hydrogen-bond donors (Lipinski definition) is 1. The number of rotatable bonds is 3. The minimum atomic E-state index is -4.67. The molecule has 0 saturated heterocycles. The molecule has 10 heteroatoms. The second kappa shape index (κ2) is 6.01. The lowest BCUT2D eigenvalue weighted by molar-refractivity contribution is -0.138. The summed E-state index contributed by atoms with van der Waals surface area (Å²) in [5.41, 5.74) is -1.14. The number of aromatic nitrogens is 1. The van der Waals surface area contributed by atoms with Crippen LogP contribution in [-0.4, -0.2) is 24.3 Å². The number of hydrogen-bond acceptors (Lipinski definition) is 4. The van der Waals surface area contributed by atoms with Crippen molar-refractivity contribution in [3.05, 3.63) is 17.8 Å². The number of amides is 1. The standard InChI is InChI=1S/C9H9F4N2O3P/c1-17-8(16)15-6-5(18-7(10)19)2-4(3-14-6)9(11,12)13/h2-3,7H,19H2,1H3,(H,14,15,16). The zero-order valence-electron chi connectivity index (χ0n) is 9.49. The molecule has 0 aromatic carbocycles. The largest absolute Gasteiger partial charge is 0.454 e. The summed E-state index contributed by atoms with van der Waals surface area (Å²) in [6.45, 7) is 0. The number of carbonyl (C=O) groups is 1. The summed E-state index contributed by atoms with van der Waals surface area (Å²) in [6.07, 6.45) is -7.12. The number of carbonyl (C=O) groups excluding carboxylic acids is 1. The van der Waals surface area contributed by atoms with E-state index in [0.29, 0.717) is 12.3 Å². The Balaban J connectivity index is 3.13. The van der Waals surface area contributed by atoms with Gasteiger partial charge in [0.05, 0.1) is 12.7 Å². The lowest BCUT2D eigenvalue weighted by Crippen LogP contribution is -2.15. The fraction of sp³-hybridized carbons (Fsp3) is 0.333. The lowest BCUT2D eigenvalue weighted by Gasteiger charge is -2.14. The summed E-state index contributed by atoms with van der Waals surface area (Å²) in [6, 6.07) is 0.523. The van der Waals surface area contributed by atoms with E-state index in [9.17, 15) is 22.4 Å². The quantitative estimate of drug-likeness (QED) is 0.689. The number of ether oxygens (including phenoxy) is 2. The predicted octanol–water partition coefficient (Wildman–Crippen LogP) is 2.79. The van der Waals surface area contributed by atoms with Crippen molar-refractivity contribution >= 4 is 21.2 Å². The van der Waals surface area contributed by atoms with Crippen molar-refractivity contribution in [3.63, 3.8) is 0 Å². The molecule has 0 saturated carbocycles. The number of nitrogens with one attached hydrogen (secondary N) is 1. The van der Waals surface area contributed by atoms with Crippen LogP contribution in [0.4, 0.5) is 28.2 Å². The molecule has 1 heterocycles. The molecule has 0 radical (unpaired) electrons. The van der Waals surface area contributed by atoms with Gasteiger partial charge in [-0.3, -0.25) is 5.32 Å². The van der Waals surface area contributed by atoms with Crippen molar-refractivity contribution < 1.29 is 31.8 Å². The van der Waals surface area contributed by atoms with Gasteiger partial charge in [0.2, 0.25) is 6.10 Å². The maximum Gasteiger partial charge on any atom is 0.418 e. The SMILES string of the molecule is COC(=O)Nc1ncc(C(F)(F)F)cc1OC(F)P. The molecule has 1 aromatic heterocycles. The van der Waals surface area contributed by atoms with Crippen LogP contribution in [0.25, 0.3) is 0 Å². The van der Waals surface area contributed by atoms with Crippen molar-refractivity contribution in [3.8, 4) is 5.75 Å². The molecule has 2 atom stereocenters. The van der Waals surface area contributed by atoms with Gasteiger partial charge in [-0.2, -0.15) is 17.6 Å². The second-order valence-corrected chi connectivity index (χ2v) is 3.68. The Hall–Kier alpha value is -1.63. The van der Waals surface area contributed by atoms with Gasteiger partial charge in [0, 0.05) is 6.20 Å². The third-order valence-electron chi connectivity index (χ3n) is 1.83. The molecule has 0 aliphatic rings. The lowest BCUT2D eigenvalue weighted by atomic mass is 10.2. The molecule has 1 N–H and O–H groups in total. The number of anilines is 1. The molecule has 0 spiro atoms. The topological polar surface area (TPSA) is 60.5 Å². The van der Waals surface area contributed by atoms with Gasteiger partial charge in [0.25, 0.3) is 0 Å². The molecule has 2 unspecified atom stereocenters. The van der Waals surface area contributed by atoms with Crippen molar-refractivity contribution in [1.29, 1.82) is 0 Å². The third kappa shape index (κ3) is 4.51. The molecule has 0 fully saturated rings. The Morgan fingerprint density at radius 3 is 2.63 bits per heavy atom. The smallest absolute Gasteiger partial charge is 0.418 e. The summed E-state index contributed by atoms with van der Waals surface area (Å²) in [7, 11) is 2.64. The van der Waals surface area contributed by atoms with Crippen LogP contribution in [0.2, 0.25) is 0 Å². The van der Waals surface area contributed by atoms with Gasteiger partial charge >= 0.3 is 12.3 Å². The van der Waals surface area contributed by atoms with E-state index >= 15 is 0 Å². The zero-order valence-corrected chi connectivity index (χ0v) is 10.6. The van der Waals surface area contributed by atoms with Crippen molar-refractivity contribution in [2.45, 2.75) is 12.3 Å². The van der Waals surface area contributed by atoms with Gasteiger partial charge in [-0.1, -0.05) is 9.24 Å². The van der Waals surface area contributed by atoms with Crippen LogP contribution in [0.3, 0.4) is 0 Å². The number of nitrogens with zero attached hydrogens (tertiary/aromatic N) is 1. The molecule has 1 rings (SSSR count). The normalized spacial score (nSPS) is 12.7. The first-order valence-corrected chi connectivity index (χ1v) is 5.39. The number of halogens is 4. The number of alkyl halides is 4. The fourth-order valence-electron chi connectivity index (χ4n) is 1.05. The van der Waals surface area contributed by atoms with E-state index in [4.69, 9.17) is 0 Å². The highest BCUT2D eigenvalue weighted by Crippen LogP contribution is 2.34. The monoisotopic (exact) mass is 300 g/mol. The summed E-state index contributed by atoms with van der Waals surface area (Å²) in [4.78, 5) is 14.3. The molecule has 5 nitrogen and oxygen atoms in total. The van der Waals surface area contributed by atoms with Crippen LogP contribution < -0.4 is 10.1 Å². The highest BCUT2D eigenvalue weighted by molar-refractivity contribution is 7.16. The molecule has 0 aliphatic heterocycles. The average molecular weight is 300 g/mol. The van der Waals surface area contributed by atoms with E-state index < -0.39 is 29.7 Å². The van der Waals surface area contributed by atoms with Crippen LogP contribution in [0.5, 0.6) is 5.75 Å². The minimum Gasteiger partial charge on any atom is -0.454 e. The highest BCUT2D eigenvalue weighted by Gasteiger charge is 2.32. The molecule has 106 valence electrons. The highest BCUT2D eigenvalue weighted by atomic mass is 31.0. The Morgan fingerprint density at radius 1 is 1.53 bits per heavy atom. The van der Waals surface area contributed by atoms with Crippen LogP contribution in [0.1, 0.15) is 5.56 Å². The number of pyridine rings is 1. The van der Waals surface area contributed by atoms with E-state index in [0.717, 1.165) is 7.11 Å². The average Bonchev–Trinajstić information content (AvgIpc) is 2.29. The first-order chi connectivity index (χ1) is 8.74. The Labute approximate surface area is 107 Å². The number of methoxy groups -OCH3 is 1. The molecule has 0 aliphatic carbocycles. The predicted molar refractivity (Wildman–Crippen MR) is 60.5 cm³/mol. The Bertz CT molecular complexity index is 467. The van der Waals surface area contributed by atoms with E-state index in [1.54, 1.807) is 9.24 Å². The maximum absolute atomic E-state index is 12.7. The van der Waals surface area contributed by atoms with E-state index in [2.05, 4.69) is 14.5 Å². The Kier molecular flexibility index (Phi) is 4.88. The molecule has 0 bridgehead atoms. The molecule has 19 heavy (non-hydrogen) atoms. The molecular formula is C9H9F4N2O3P. The summed E-state index contributed by atoms with van der Waals surface area (Å²) in [5, 5.41) is 2.00. The van der Waals surface area contributed by atoms with E-state index in [1.165, 1.54) is 0 Å². The van der Waals surface area contributed by atoms with Gasteiger partial charge in [0.15, 0.2) is 11.6 Å². The molecular weight excluding hydrogens is 291 g/mol. The van der Waals surface area contributed by atoms with Gasteiger partial charge in [-0.15, -0.1) is 0 Å². The fourth-order valence-corrected chi connectivity index (χ4v) is 1.20. The Morgan fingerprint density at radius 2 is 2.16 bits per heavy atom. The summed E-state index contributed by atoms with van der Waals surface area (Å²) in [5.74, 6) is -0.951.